The van der Waals surface area contributed by atoms with Crippen LogP contribution < -0.4 is 10.1 Å². The van der Waals surface area contributed by atoms with E-state index in [-0.39, 0.29) is 46.1 Å². The molecule has 1 spiro atoms. The Balaban J connectivity index is 1.30. The Labute approximate surface area is 184 Å². The van der Waals surface area contributed by atoms with Gasteiger partial charge in [0, 0.05) is 29.6 Å². The van der Waals surface area contributed by atoms with Crippen molar-refractivity contribution in [2.75, 3.05) is 13.7 Å². The number of aromatic amines is 1. The van der Waals surface area contributed by atoms with E-state index in [0.29, 0.717) is 32.2 Å². The number of ether oxygens (including phenoxy) is 1. The van der Waals surface area contributed by atoms with Gasteiger partial charge in [0.15, 0.2) is 5.82 Å². The maximum atomic E-state index is 14.2. The minimum atomic E-state index is -0.683. The molecule has 1 atom stereocenters. The lowest BCUT2D eigenvalue weighted by atomic mass is 9.87. The van der Waals surface area contributed by atoms with Crippen LogP contribution in [0.2, 0.25) is 0 Å². The van der Waals surface area contributed by atoms with E-state index in [1.807, 2.05) is 4.90 Å². The number of carbonyl (C=O) groups excluding carboxylic acids is 2. The Morgan fingerprint density at radius 3 is 2.78 bits per heavy atom. The van der Waals surface area contributed by atoms with Crippen molar-refractivity contribution in [3.05, 3.63) is 29.8 Å². The standard InChI is InChI=1S/C22H23FN6O3/c1-32-18-8-14(15(23)11-25-18)16-9-17(28-27-16)20(31)29-7-2-13(10-22(29)5-6-22)19(30)26-21(12-24)3-4-21/h8-9,11,13H,2-7,10H2,1H3,(H,26,30)(H,27,28). The fourth-order valence-corrected chi connectivity index (χ4v) is 4.52. The molecule has 3 aliphatic rings. The lowest BCUT2D eigenvalue weighted by molar-refractivity contribution is -0.127. The van der Waals surface area contributed by atoms with Crippen molar-refractivity contribution in [1.29, 1.82) is 5.26 Å². The number of nitrogens with one attached hydrogen (secondary N) is 2. The van der Waals surface area contributed by atoms with Crippen molar-refractivity contribution in [2.24, 2.45) is 5.92 Å². The summed E-state index contributed by atoms with van der Waals surface area (Å²) < 4.78 is 19.3. The Morgan fingerprint density at radius 2 is 2.12 bits per heavy atom. The minimum absolute atomic E-state index is 0.0895. The van der Waals surface area contributed by atoms with Crippen LogP contribution in [-0.2, 0) is 4.79 Å². The second kappa shape index (κ2) is 7.29. The van der Waals surface area contributed by atoms with Gasteiger partial charge in [-0.05, 0) is 44.6 Å². The molecule has 2 aromatic heterocycles. The van der Waals surface area contributed by atoms with Gasteiger partial charge in [0.1, 0.15) is 11.2 Å². The SMILES string of the molecule is COc1cc(-c2cc(C(=O)N3CCC(C(=O)NC4(C#N)CC4)CC34CC4)[nH]n2)c(F)cn1. The third-order valence-electron chi connectivity index (χ3n) is 6.79. The van der Waals surface area contributed by atoms with E-state index in [9.17, 15) is 19.2 Å². The highest BCUT2D eigenvalue weighted by molar-refractivity contribution is 5.94. The van der Waals surface area contributed by atoms with Crippen molar-refractivity contribution in [3.63, 3.8) is 0 Å². The lowest BCUT2D eigenvalue weighted by Crippen LogP contribution is -2.52. The van der Waals surface area contributed by atoms with E-state index in [2.05, 4.69) is 26.6 Å². The van der Waals surface area contributed by atoms with Gasteiger partial charge in [-0.2, -0.15) is 10.4 Å². The van der Waals surface area contributed by atoms with Crippen molar-refractivity contribution in [2.45, 2.75) is 49.6 Å². The number of aromatic nitrogens is 3. The van der Waals surface area contributed by atoms with Crippen LogP contribution in [0.15, 0.2) is 18.3 Å². The van der Waals surface area contributed by atoms with Gasteiger partial charge in [-0.1, -0.05) is 0 Å². The third-order valence-corrected chi connectivity index (χ3v) is 6.79. The molecule has 10 heteroatoms. The van der Waals surface area contributed by atoms with Crippen LogP contribution in [0.1, 0.15) is 49.0 Å². The number of rotatable bonds is 5. The van der Waals surface area contributed by atoms with E-state index in [1.54, 1.807) is 0 Å². The number of likely N-dealkylation sites (tertiary alicyclic amines) is 1. The molecule has 166 valence electrons. The Kier molecular flexibility index (Phi) is 4.65. The number of hydrogen-bond donors (Lipinski definition) is 2. The maximum absolute atomic E-state index is 14.2. The molecule has 2 N–H and O–H groups in total. The van der Waals surface area contributed by atoms with Crippen LogP contribution >= 0.6 is 0 Å². The van der Waals surface area contributed by atoms with Gasteiger partial charge in [0.2, 0.25) is 11.8 Å². The van der Waals surface area contributed by atoms with E-state index in [4.69, 9.17) is 4.74 Å². The van der Waals surface area contributed by atoms with Gasteiger partial charge in [-0.25, -0.2) is 9.37 Å². The summed E-state index contributed by atoms with van der Waals surface area (Å²) in [4.78, 5) is 31.6. The van der Waals surface area contributed by atoms with Crippen molar-refractivity contribution < 1.29 is 18.7 Å². The van der Waals surface area contributed by atoms with Crippen molar-refractivity contribution in [1.82, 2.24) is 25.4 Å². The quantitative estimate of drug-likeness (QED) is 0.737. The zero-order valence-electron chi connectivity index (χ0n) is 17.7. The van der Waals surface area contributed by atoms with Gasteiger partial charge in [-0.15, -0.1) is 0 Å². The molecule has 2 amide bonds. The van der Waals surface area contributed by atoms with Crippen molar-refractivity contribution in [3.8, 4) is 23.2 Å². The van der Waals surface area contributed by atoms with Gasteiger partial charge in [-0.3, -0.25) is 14.7 Å². The number of methoxy groups -OCH3 is 1. The molecule has 1 unspecified atom stereocenters. The molecule has 3 fully saturated rings. The number of piperidine rings is 1. The second-order valence-electron chi connectivity index (χ2n) is 8.93. The Hall–Kier alpha value is -3.48. The van der Waals surface area contributed by atoms with Crippen LogP contribution in [0, 0.1) is 23.1 Å². The predicted octanol–water partition coefficient (Wildman–Crippen LogP) is 2.18. The lowest BCUT2D eigenvalue weighted by Gasteiger charge is -2.39. The molecular formula is C22H23FN6O3. The zero-order chi connectivity index (χ0) is 22.5. The highest BCUT2D eigenvalue weighted by Gasteiger charge is 2.55. The fourth-order valence-electron chi connectivity index (χ4n) is 4.52. The Morgan fingerprint density at radius 1 is 1.34 bits per heavy atom. The number of nitrogens with zero attached hydrogens (tertiary/aromatic N) is 4. The summed E-state index contributed by atoms with van der Waals surface area (Å²) in [6.07, 6.45) is 5.25. The number of halogens is 1. The molecule has 2 saturated carbocycles. The van der Waals surface area contributed by atoms with Crippen molar-refractivity contribution >= 4 is 11.8 Å². The highest BCUT2D eigenvalue weighted by Crippen LogP contribution is 2.51. The van der Waals surface area contributed by atoms with E-state index in [1.165, 1.54) is 19.2 Å². The first-order valence-electron chi connectivity index (χ1n) is 10.7. The topological polar surface area (TPSA) is 124 Å². The average Bonchev–Trinajstić information content (AvgIpc) is 3.70. The fraction of sp³-hybridized carbons (Fsp3) is 0.500. The monoisotopic (exact) mass is 438 g/mol. The predicted molar refractivity (Wildman–Crippen MR) is 110 cm³/mol. The molecule has 0 aromatic carbocycles. The van der Waals surface area contributed by atoms with Crippen LogP contribution in [0.5, 0.6) is 5.88 Å². The third kappa shape index (κ3) is 3.47. The summed E-state index contributed by atoms with van der Waals surface area (Å²) in [6.45, 7) is 0.447. The molecule has 9 nitrogen and oxygen atoms in total. The molecule has 3 heterocycles. The van der Waals surface area contributed by atoms with Crippen LogP contribution in [0.4, 0.5) is 4.39 Å². The van der Waals surface area contributed by atoms with E-state index in [0.717, 1.165) is 19.0 Å². The molecule has 0 bridgehead atoms. The maximum Gasteiger partial charge on any atom is 0.272 e. The highest BCUT2D eigenvalue weighted by atomic mass is 19.1. The van der Waals surface area contributed by atoms with E-state index >= 15 is 0 Å². The summed E-state index contributed by atoms with van der Waals surface area (Å²) in [6, 6.07) is 5.15. The molecular weight excluding hydrogens is 415 g/mol. The molecule has 2 aromatic rings. The second-order valence-corrected chi connectivity index (χ2v) is 8.93. The molecule has 0 radical (unpaired) electrons. The molecule has 1 saturated heterocycles. The number of carbonyl (C=O) groups is 2. The largest absolute Gasteiger partial charge is 0.481 e. The number of pyridine rings is 1. The van der Waals surface area contributed by atoms with Gasteiger partial charge < -0.3 is 15.0 Å². The average molecular weight is 438 g/mol. The van der Waals surface area contributed by atoms with Crippen LogP contribution in [0.3, 0.4) is 0 Å². The summed E-state index contributed by atoms with van der Waals surface area (Å²) in [5, 5.41) is 19.0. The van der Waals surface area contributed by atoms with Gasteiger partial charge in [0.05, 0.1) is 25.1 Å². The summed E-state index contributed by atoms with van der Waals surface area (Å²) in [5.41, 5.74) is -0.271. The number of hydrogen-bond acceptors (Lipinski definition) is 6. The van der Waals surface area contributed by atoms with Crippen LogP contribution in [-0.4, -0.2) is 56.6 Å². The smallest absolute Gasteiger partial charge is 0.272 e. The number of nitriles is 1. The van der Waals surface area contributed by atoms with Gasteiger partial charge in [0.25, 0.3) is 5.91 Å². The first-order valence-corrected chi connectivity index (χ1v) is 10.7. The normalized spacial score (nSPS) is 22.2. The minimum Gasteiger partial charge on any atom is -0.481 e. The molecule has 32 heavy (non-hydrogen) atoms. The number of H-pyrrole nitrogens is 1. The first-order chi connectivity index (χ1) is 15.4. The first kappa shape index (κ1) is 20.4. The van der Waals surface area contributed by atoms with E-state index < -0.39 is 11.4 Å². The van der Waals surface area contributed by atoms with Gasteiger partial charge >= 0.3 is 0 Å². The Bertz CT molecular complexity index is 1130. The molecule has 1 aliphatic heterocycles. The summed E-state index contributed by atoms with van der Waals surface area (Å²) in [7, 11) is 1.44. The summed E-state index contributed by atoms with van der Waals surface area (Å²) in [5.74, 6) is -0.819. The molecule has 5 rings (SSSR count). The molecule has 2 aliphatic carbocycles. The summed E-state index contributed by atoms with van der Waals surface area (Å²) >= 11 is 0. The zero-order valence-corrected chi connectivity index (χ0v) is 17.7. The number of amides is 2. The van der Waals surface area contributed by atoms with Crippen LogP contribution in [0.25, 0.3) is 11.3 Å².